The van der Waals surface area contributed by atoms with Gasteiger partial charge in [0.25, 0.3) is 0 Å². The van der Waals surface area contributed by atoms with Crippen molar-refractivity contribution >= 4 is 8.32 Å². The van der Waals surface area contributed by atoms with Crippen LogP contribution in [0.25, 0.3) is 0 Å². The Kier molecular flexibility index (Phi) is 5.31. The van der Waals surface area contributed by atoms with Crippen LogP contribution in [0.5, 0.6) is 0 Å². The van der Waals surface area contributed by atoms with Crippen LogP contribution in [0.4, 0.5) is 0 Å². The summed E-state index contributed by atoms with van der Waals surface area (Å²) in [7, 11) is -1.83. The molecule has 2 aliphatic carbocycles. The summed E-state index contributed by atoms with van der Waals surface area (Å²) < 4.78 is 6.98. The van der Waals surface area contributed by atoms with Crippen LogP contribution in [0, 0.1) is 17.8 Å². The summed E-state index contributed by atoms with van der Waals surface area (Å²) in [6, 6.07) is 0. The summed E-state index contributed by atoms with van der Waals surface area (Å²) in [6.45, 7) is 16.2. The highest BCUT2D eigenvalue weighted by molar-refractivity contribution is 6.74. The maximum Gasteiger partial charge on any atom is 0.193 e. The van der Waals surface area contributed by atoms with E-state index in [2.05, 4.69) is 46.5 Å². The molecule has 0 spiro atoms. The zero-order chi connectivity index (χ0) is 16.6. The number of hydrogen-bond donors (Lipinski definition) is 1. The third kappa shape index (κ3) is 3.22. The second kappa shape index (κ2) is 6.41. The van der Waals surface area contributed by atoms with Crippen LogP contribution in [-0.2, 0) is 4.43 Å². The summed E-state index contributed by atoms with van der Waals surface area (Å²) in [5.74, 6) is 1.65. The van der Waals surface area contributed by atoms with Crippen LogP contribution in [0.3, 0.4) is 0 Å². The van der Waals surface area contributed by atoms with Gasteiger partial charge in [0.05, 0.1) is 5.60 Å². The zero-order valence-electron chi connectivity index (χ0n) is 15.3. The van der Waals surface area contributed by atoms with E-state index < -0.39 is 8.32 Å². The number of hydrogen-bond acceptors (Lipinski definition) is 2. The van der Waals surface area contributed by atoms with Crippen LogP contribution in [0.2, 0.25) is 18.1 Å². The van der Waals surface area contributed by atoms with E-state index in [1.807, 2.05) is 0 Å². The second-order valence-electron chi connectivity index (χ2n) is 9.06. The minimum Gasteiger partial charge on any atom is -0.408 e. The molecular weight excluding hydrogens is 288 g/mol. The molecule has 0 aromatic heterocycles. The summed E-state index contributed by atoms with van der Waals surface area (Å²) in [4.78, 5) is 0. The van der Waals surface area contributed by atoms with E-state index in [9.17, 15) is 5.11 Å². The Hall–Kier alpha value is -0.123. The standard InChI is InChI=1S/C19H36O2Si/c1-7-19(21-22(5,6)18(2,3)4)13-9-11-16-15(14-20)10-8-12-17(16)19/h7,15-17,20H,1,8-14H2,2-6H3/t15-,16-,17-,19+/m1/s1. The van der Waals surface area contributed by atoms with Gasteiger partial charge in [-0.3, -0.25) is 0 Å². The summed E-state index contributed by atoms with van der Waals surface area (Å²) in [5, 5.41) is 10.00. The van der Waals surface area contributed by atoms with E-state index in [4.69, 9.17) is 4.43 Å². The molecule has 2 aliphatic rings. The average molecular weight is 325 g/mol. The molecule has 0 heterocycles. The number of rotatable bonds is 4. The van der Waals surface area contributed by atoms with Gasteiger partial charge in [-0.2, -0.15) is 0 Å². The Labute approximate surface area is 138 Å². The van der Waals surface area contributed by atoms with Crippen molar-refractivity contribution in [2.45, 2.75) is 83.0 Å². The molecule has 0 unspecified atom stereocenters. The van der Waals surface area contributed by atoms with Crippen molar-refractivity contribution < 1.29 is 9.53 Å². The lowest BCUT2D eigenvalue weighted by Gasteiger charge is -2.55. The molecule has 2 rings (SSSR count). The quantitative estimate of drug-likeness (QED) is 0.573. The van der Waals surface area contributed by atoms with Crippen LogP contribution in [0.1, 0.15) is 59.3 Å². The lowest BCUT2D eigenvalue weighted by molar-refractivity contribution is -0.0682. The van der Waals surface area contributed by atoms with E-state index in [-0.39, 0.29) is 10.6 Å². The highest BCUT2D eigenvalue weighted by Gasteiger charge is 2.52. The summed E-state index contributed by atoms with van der Waals surface area (Å²) in [5.41, 5.74) is -0.153. The minimum absolute atomic E-state index is 0.153. The molecule has 3 heteroatoms. The third-order valence-electron chi connectivity index (χ3n) is 6.78. The van der Waals surface area contributed by atoms with Crippen molar-refractivity contribution in [3.8, 4) is 0 Å². The molecule has 0 amide bonds. The van der Waals surface area contributed by atoms with Crippen molar-refractivity contribution in [3.63, 3.8) is 0 Å². The van der Waals surface area contributed by atoms with Gasteiger partial charge >= 0.3 is 0 Å². The van der Waals surface area contributed by atoms with Crippen molar-refractivity contribution in [2.24, 2.45) is 17.8 Å². The first-order chi connectivity index (χ1) is 10.2. The van der Waals surface area contributed by atoms with Gasteiger partial charge in [0.15, 0.2) is 8.32 Å². The molecule has 0 aliphatic heterocycles. The first kappa shape index (κ1) is 18.2. The van der Waals surface area contributed by atoms with E-state index in [0.717, 1.165) is 6.42 Å². The first-order valence-corrected chi connectivity index (χ1v) is 12.0. The monoisotopic (exact) mass is 324 g/mol. The van der Waals surface area contributed by atoms with Crippen molar-refractivity contribution in [2.75, 3.05) is 6.61 Å². The Morgan fingerprint density at radius 1 is 1.23 bits per heavy atom. The normalized spacial score (nSPS) is 36.7. The number of fused-ring (bicyclic) bond motifs is 1. The van der Waals surface area contributed by atoms with Crippen molar-refractivity contribution in [1.82, 2.24) is 0 Å². The van der Waals surface area contributed by atoms with Gasteiger partial charge in [-0.25, -0.2) is 0 Å². The fourth-order valence-electron chi connectivity index (χ4n) is 4.48. The second-order valence-corrected chi connectivity index (χ2v) is 13.8. The average Bonchev–Trinajstić information content (AvgIpc) is 2.45. The van der Waals surface area contributed by atoms with Gasteiger partial charge in [-0.05, 0) is 68.0 Å². The first-order valence-electron chi connectivity index (χ1n) is 9.11. The molecule has 4 atom stereocenters. The fraction of sp³-hybridized carbons (Fsp3) is 0.895. The largest absolute Gasteiger partial charge is 0.408 e. The van der Waals surface area contributed by atoms with Gasteiger partial charge < -0.3 is 9.53 Å². The molecule has 0 bridgehead atoms. The number of aliphatic hydroxyl groups is 1. The topological polar surface area (TPSA) is 29.5 Å². The highest BCUT2D eigenvalue weighted by atomic mass is 28.4. The molecule has 0 radical (unpaired) electrons. The van der Waals surface area contributed by atoms with Crippen LogP contribution >= 0.6 is 0 Å². The molecule has 0 aromatic carbocycles. The van der Waals surface area contributed by atoms with Crippen molar-refractivity contribution in [1.29, 1.82) is 0 Å². The fourth-order valence-corrected chi connectivity index (χ4v) is 6.07. The van der Waals surface area contributed by atoms with Gasteiger partial charge in [-0.15, -0.1) is 6.58 Å². The highest BCUT2D eigenvalue weighted by Crippen LogP contribution is 2.53. The summed E-state index contributed by atoms with van der Waals surface area (Å²) in [6.07, 6.45) is 9.35. The lowest BCUT2D eigenvalue weighted by atomic mass is 9.59. The zero-order valence-corrected chi connectivity index (χ0v) is 16.3. The molecule has 0 saturated heterocycles. The van der Waals surface area contributed by atoms with E-state index >= 15 is 0 Å². The maximum atomic E-state index is 9.78. The van der Waals surface area contributed by atoms with Crippen LogP contribution in [0.15, 0.2) is 12.7 Å². The molecule has 22 heavy (non-hydrogen) atoms. The van der Waals surface area contributed by atoms with Gasteiger partial charge in [0.1, 0.15) is 0 Å². The molecule has 2 saturated carbocycles. The van der Waals surface area contributed by atoms with Gasteiger partial charge in [0, 0.05) is 6.61 Å². The Morgan fingerprint density at radius 3 is 2.45 bits per heavy atom. The van der Waals surface area contributed by atoms with Crippen molar-refractivity contribution in [3.05, 3.63) is 12.7 Å². The Balaban J connectivity index is 2.30. The SMILES string of the molecule is C=C[C@]1(O[Si](C)(C)C(C)(C)C)CCC[C@@H]2[C@@H](CO)CCC[C@H]21. The smallest absolute Gasteiger partial charge is 0.193 e. The predicted octanol–water partition coefficient (Wildman–Crippen LogP) is 5.14. The Bertz CT molecular complexity index is 399. The minimum atomic E-state index is -1.83. The van der Waals surface area contributed by atoms with Gasteiger partial charge in [-0.1, -0.05) is 33.3 Å². The third-order valence-corrected chi connectivity index (χ3v) is 11.3. The molecule has 128 valence electrons. The molecule has 2 fully saturated rings. The lowest BCUT2D eigenvalue weighted by Crippen LogP contribution is -2.56. The molecule has 0 aromatic rings. The number of aliphatic hydroxyl groups excluding tert-OH is 1. The maximum absolute atomic E-state index is 9.78. The van der Waals surface area contributed by atoms with Gasteiger partial charge in [0.2, 0.25) is 0 Å². The van der Waals surface area contributed by atoms with E-state index in [1.165, 1.54) is 32.1 Å². The van der Waals surface area contributed by atoms with Crippen LogP contribution in [-0.4, -0.2) is 25.6 Å². The predicted molar refractivity (Wildman–Crippen MR) is 96.5 cm³/mol. The molecule has 1 N–H and O–H groups in total. The van der Waals surface area contributed by atoms with E-state index in [1.54, 1.807) is 0 Å². The Morgan fingerprint density at radius 2 is 1.91 bits per heavy atom. The van der Waals surface area contributed by atoms with Crippen LogP contribution < -0.4 is 0 Å². The van der Waals surface area contributed by atoms with E-state index in [0.29, 0.717) is 24.4 Å². The molecular formula is C19H36O2Si. The molecule has 2 nitrogen and oxygen atoms in total. The summed E-state index contributed by atoms with van der Waals surface area (Å²) >= 11 is 0.